The van der Waals surface area contributed by atoms with Crippen molar-refractivity contribution in [2.45, 2.75) is 37.1 Å². The van der Waals surface area contributed by atoms with Crippen molar-refractivity contribution in [1.29, 1.82) is 0 Å². The average molecular weight is 321 g/mol. The maximum absolute atomic E-state index is 12.9. The van der Waals surface area contributed by atoms with Crippen molar-refractivity contribution in [1.82, 2.24) is 10.2 Å². The number of nitrogens with one attached hydrogen (secondary N) is 1. The van der Waals surface area contributed by atoms with Crippen LogP contribution >= 0.6 is 11.8 Å². The molecule has 1 aromatic carbocycles. The molecule has 0 unspecified atom stereocenters. The van der Waals surface area contributed by atoms with Crippen LogP contribution in [0.25, 0.3) is 0 Å². The molecule has 1 aliphatic heterocycles. The number of thioether (sulfide) groups is 1. The number of aryl methyl sites for hydroxylation is 1. The van der Waals surface area contributed by atoms with E-state index in [2.05, 4.69) is 5.32 Å². The first kappa shape index (κ1) is 16.7. The summed E-state index contributed by atoms with van der Waals surface area (Å²) in [5.41, 5.74) is 6.88. The van der Waals surface area contributed by atoms with Gasteiger partial charge in [-0.05, 0) is 50.1 Å². The van der Waals surface area contributed by atoms with Crippen LogP contribution in [-0.2, 0) is 0 Å². The molecule has 0 saturated carbocycles. The van der Waals surface area contributed by atoms with E-state index >= 15 is 0 Å². The minimum Gasteiger partial charge on any atom is -0.352 e. The second-order valence-electron chi connectivity index (χ2n) is 5.57. The third kappa shape index (κ3) is 3.94. The van der Waals surface area contributed by atoms with E-state index in [9.17, 15) is 9.59 Å². The van der Waals surface area contributed by atoms with Crippen molar-refractivity contribution in [3.05, 3.63) is 29.3 Å². The number of hydrogen-bond donors (Lipinski definition) is 2. The second kappa shape index (κ2) is 7.54. The van der Waals surface area contributed by atoms with Gasteiger partial charge in [-0.2, -0.15) is 0 Å². The van der Waals surface area contributed by atoms with Gasteiger partial charge in [0.05, 0.1) is 0 Å². The average Bonchev–Trinajstić information content (AvgIpc) is 2.53. The zero-order chi connectivity index (χ0) is 16.1. The number of piperidine rings is 1. The molecule has 0 spiro atoms. The Morgan fingerprint density at radius 3 is 2.86 bits per heavy atom. The van der Waals surface area contributed by atoms with Crippen molar-refractivity contribution in [3.63, 3.8) is 0 Å². The fourth-order valence-electron chi connectivity index (χ4n) is 2.81. The van der Waals surface area contributed by atoms with Crippen LogP contribution in [-0.4, -0.2) is 42.2 Å². The largest absolute Gasteiger partial charge is 0.352 e. The van der Waals surface area contributed by atoms with Gasteiger partial charge >= 0.3 is 6.03 Å². The van der Waals surface area contributed by atoms with Crippen LogP contribution in [0.5, 0.6) is 0 Å². The number of carbonyl (C=O) groups is 2. The molecule has 5 nitrogen and oxygen atoms in total. The van der Waals surface area contributed by atoms with Gasteiger partial charge in [0.1, 0.15) is 0 Å². The summed E-state index contributed by atoms with van der Waals surface area (Å²) in [5.74, 6) is 0.0457. The lowest BCUT2D eigenvalue weighted by Crippen LogP contribution is -2.50. The quantitative estimate of drug-likeness (QED) is 0.836. The van der Waals surface area contributed by atoms with E-state index in [1.54, 1.807) is 11.8 Å². The molecular weight excluding hydrogens is 298 g/mol. The van der Waals surface area contributed by atoms with Crippen molar-refractivity contribution >= 4 is 23.7 Å². The van der Waals surface area contributed by atoms with E-state index in [1.165, 1.54) is 0 Å². The van der Waals surface area contributed by atoms with Gasteiger partial charge in [0.25, 0.3) is 5.91 Å². The van der Waals surface area contributed by atoms with Crippen molar-refractivity contribution in [2.75, 3.05) is 19.3 Å². The molecule has 1 saturated heterocycles. The van der Waals surface area contributed by atoms with Gasteiger partial charge < -0.3 is 16.0 Å². The Kier molecular flexibility index (Phi) is 5.71. The van der Waals surface area contributed by atoms with Gasteiger partial charge in [-0.3, -0.25) is 4.79 Å². The summed E-state index contributed by atoms with van der Waals surface area (Å²) in [5, 5.41) is 2.63. The number of rotatable bonds is 4. The van der Waals surface area contributed by atoms with Gasteiger partial charge in [-0.15, -0.1) is 11.8 Å². The first-order valence-corrected chi connectivity index (χ1v) is 8.74. The number of hydrogen-bond acceptors (Lipinski definition) is 3. The fourth-order valence-corrected chi connectivity index (χ4v) is 3.25. The fraction of sp³-hybridized carbons (Fsp3) is 0.500. The number of urea groups is 1. The minimum atomic E-state index is -0.543. The van der Waals surface area contributed by atoms with Gasteiger partial charge in [-0.1, -0.05) is 6.07 Å². The molecule has 1 fully saturated rings. The topological polar surface area (TPSA) is 75.4 Å². The summed E-state index contributed by atoms with van der Waals surface area (Å²) >= 11 is 1.63. The van der Waals surface area contributed by atoms with E-state index in [-0.39, 0.29) is 11.9 Å². The van der Waals surface area contributed by atoms with Gasteiger partial charge in [0, 0.05) is 29.6 Å². The minimum absolute atomic E-state index is 0.0195. The highest BCUT2D eigenvalue weighted by molar-refractivity contribution is 7.98. The Labute approximate surface area is 135 Å². The number of nitrogens with zero attached hydrogens (tertiary/aromatic N) is 1. The molecule has 22 heavy (non-hydrogen) atoms. The predicted molar refractivity (Wildman–Crippen MR) is 89.2 cm³/mol. The molecule has 0 radical (unpaired) electrons. The van der Waals surface area contributed by atoms with Gasteiger partial charge in [0.2, 0.25) is 0 Å². The van der Waals surface area contributed by atoms with E-state index in [0.717, 1.165) is 41.8 Å². The van der Waals surface area contributed by atoms with Crippen LogP contribution in [0.1, 0.15) is 35.2 Å². The predicted octanol–water partition coefficient (Wildman–Crippen LogP) is 2.38. The number of nitrogens with two attached hydrogens (primary N) is 1. The third-order valence-corrected chi connectivity index (χ3v) is 4.80. The summed E-state index contributed by atoms with van der Waals surface area (Å²) in [6, 6.07) is 5.44. The van der Waals surface area contributed by atoms with Crippen molar-refractivity contribution in [3.8, 4) is 0 Å². The van der Waals surface area contributed by atoms with E-state index in [1.807, 2.05) is 36.3 Å². The molecule has 1 heterocycles. The second-order valence-corrected chi connectivity index (χ2v) is 6.45. The standard InChI is InChI=1S/C16H23N3O2S/c1-11-6-7-13(22-2)9-14(11)15(20)19-8-4-3-5-12(19)10-18-16(17)21/h6-7,9,12H,3-5,8,10H2,1-2H3,(H3,17,18,21)/t12-/m1/s1. The van der Waals surface area contributed by atoms with E-state index in [4.69, 9.17) is 5.73 Å². The number of benzene rings is 1. The SMILES string of the molecule is CSc1ccc(C)c(C(=O)N2CCCC[C@@H]2CNC(N)=O)c1. The molecule has 0 aromatic heterocycles. The summed E-state index contributed by atoms with van der Waals surface area (Å²) in [6.07, 6.45) is 4.96. The maximum Gasteiger partial charge on any atom is 0.312 e. The smallest absolute Gasteiger partial charge is 0.312 e. The Hall–Kier alpha value is -1.69. The Morgan fingerprint density at radius 2 is 2.18 bits per heavy atom. The summed E-state index contributed by atoms with van der Waals surface area (Å²) in [4.78, 5) is 26.8. The lowest BCUT2D eigenvalue weighted by molar-refractivity contribution is 0.0614. The number of amides is 3. The normalized spacial score (nSPS) is 18.1. The molecule has 6 heteroatoms. The van der Waals surface area contributed by atoms with E-state index in [0.29, 0.717) is 6.54 Å². The summed E-state index contributed by atoms with van der Waals surface area (Å²) in [6.45, 7) is 3.10. The summed E-state index contributed by atoms with van der Waals surface area (Å²) in [7, 11) is 0. The molecule has 1 atom stereocenters. The van der Waals surface area contributed by atoms with E-state index < -0.39 is 6.03 Å². The molecule has 1 aliphatic rings. The lowest BCUT2D eigenvalue weighted by Gasteiger charge is -2.36. The molecule has 1 aromatic rings. The summed E-state index contributed by atoms with van der Waals surface area (Å²) < 4.78 is 0. The monoisotopic (exact) mass is 321 g/mol. The Bertz CT molecular complexity index is 562. The van der Waals surface area contributed by atoms with Crippen LogP contribution in [0.15, 0.2) is 23.1 Å². The molecule has 3 amide bonds. The van der Waals surface area contributed by atoms with Crippen LogP contribution in [0, 0.1) is 6.92 Å². The molecular formula is C16H23N3O2S. The maximum atomic E-state index is 12.9. The molecule has 0 bridgehead atoms. The number of primary amides is 1. The van der Waals surface area contributed by atoms with Crippen molar-refractivity contribution < 1.29 is 9.59 Å². The zero-order valence-electron chi connectivity index (χ0n) is 13.1. The third-order valence-electron chi connectivity index (χ3n) is 4.08. The van der Waals surface area contributed by atoms with Crippen LogP contribution in [0.4, 0.5) is 4.79 Å². The molecule has 0 aliphatic carbocycles. The van der Waals surface area contributed by atoms with Gasteiger partial charge in [-0.25, -0.2) is 4.79 Å². The van der Waals surface area contributed by atoms with Crippen LogP contribution < -0.4 is 11.1 Å². The Balaban J connectivity index is 2.19. The molecule has 2 rings (SSSR count). The zero-order valence-corrected chi connectivity index (χ0v) is 13.9. The molecule has 3 N–H and O–H groups in total. The van der Waals surface area contributed by atoms with Crippen LogP contribution in [0.3, 0.4) is 0 Å². The number of carbonyl (C=O) groups excluding carboxylic acids is 2. The first-order valence-electron chi connectivity index (χ1n) is 7.52. The van der Waals surface area contributed by atoms with Crippen molar-refractivity contribution in [2.24, 2.45) is 5.73 Å². The lowest BCUT2D eigenvalue weighted by atomic mass is 9.99. The highest BCUT2D eigenvalue weighted by atomic mass is 32.2. The highest BCUT2D eigenvalue weighted by Gasteiger charge is 2.28. The van der Waals surface area contributed by atoms with Crippen LogP contribution in [0.2, 0.25) is 0 Å². The number of likely N-dealkylation sites (tertiary alicyclic amines) is 1. The molecule has 120 valence electrons. The Morgan fingerprint density at radius 1 is 1.41 bits per heavy atom. The first-order chi connectivity index (χ1) is 10.5. The van der Waals surface area contributed by atoms with Gasteiger partial charge in [0.15, 0.2) is 0 Å². The highest BCUT2D eigenvalue weighted by Crippen LogP contribution is 2.24.